The standard InChI is InChI=1S/C16H22N2O/c1-3-18-15-7-5-4-6-13(15)14(17-18)10-12-8-9-16(19)11(12)2/h4-7,11-12,16,19H,3,8-10H2,1-2H3. The lowest BCUT2D eigenvalue weighted by Gasteiger charge is -2.16. The minimum atomic E-state index is -0.121. The molecule has 0 saturated heterocycles. The van der Waals surface area contributed by atoms with Gasteiger partial charge in [0, 0.05) is 11.9 Å². The lowest BCUT2D eigenvalue weighted by Crippen LogP contribution is -2.17. The Kier molecular flexibility index (Phi) is 3.31. The maximum Gasteiger partial charge on any atom is 0.0706 e. The lowest BCUT2D eigenvalue weighted by molar-refractivity contribution is 0.127. The van der Waals surface area contributed by atoms with Gasteiger partial charge in [0.2, 0.25) is 0 Å². The Hall–Kier alpha value is -1.35. The molecule has 1 aromatic carbocycles. The van der Waals surface area contributed by atoms with Crippen LogP contribution in [0.25, 0.3) is 10.9 Å². The van der Waals surface area contributed by atoms with Gasteiger partial charge in [-0.3, -0.25) is 4.68 Å². The van der Waals surface area contributed by atoms with E-state index in [2.05, 4.69) is 42.8 Å². The van der Waals surface area contributed by atoms with Crippen LogP contribution in [0.15, 0.2) is 24.3 Å². The molecular weight excluding hydrogens is 236 g/mol. The zero-order valence-electron chi connectivity index (χ0n) is 11.7. The molecule has 0 spiro atoms. The molecule has 1 aliphatic carbocycles. The fourth-order valence-corrected chi connectivity index (χ4v) is 3.35. The Morgan fingerprint density at radius 1 is 1.32 bits per heavy atom. The molecule has 3 rings (SSSR count). The van der Waals surface area contributed by atoms with E-state index in [4.69, 9.17) is 5.10 Å². The molecule has 1 saturated carbocycles. The minimum Gasteiger partial charge on any atom is -0.393 e. The average Bonchev–Trinajstić information content (AvgIpc) is 2.95. The number of aliphatic hydroxyl groups is 1. The first-order valence-electron chi connectivity index (χ1n) is 7.33. The van der Waals surface area contributed by atoms with E-state index < -0.39 is 0 Å². The molecule has 0 radical (unpaired) electrons. The first-order valence-corrected chi connectivity index (χ1v) is 7.33. The quantitative estimate of drug-likeness (QED) is 0.919. The molecule has 1 aliphatic rings. The van der Waals surface area contributed by atoms with Crippen LogP contribution in [0.4, 0.5) is 0 Å². The van der Waals surface area contributed by atoms with Gasteiger partial charge in [-0.25, -0.2) is 0 Å². The molecule has 2 aromatic rings. The first kappa shape index (κ1) is 12.7. The van der Waals surface area contributed by atoms with Crippen molar-refractivity contribution in [2.24, 2.45) is 11.8 Å². The number of aromatic nitrogens is 2. The highest BCUT2D eigenvalue weighted by Gasteiger charge is 2.32. The molecule has 102 valence electrons. The van der Waals surface area contributed by atoms with Crippen molar-refractivity contribution < 1.29 is 5.11 Å². The van der Waals surface area contributed by atoms with Gasteiger partial charge >= 0.3 is 0 Å². The maximum atomic E-state index is 9.89. The molecular formula is C16H22N2O. The third-order valence-corrected chi connectivity index (χ3v) is 4.67. The van der Waals surface area contributed by atoms with E-state index in [1.807, 2.05) is 0 Å². The van der Waals surface area contributed by atoms with Crippen LogP contribution in [-0.4, -0.2) is 21.0 Å². The number of benzene rings is 1. The van der Waals surface area contributed by atoms with Gasteiger partial charge in [0.25, 0.3) is 0 Å². The largest absolute Gasteiger partial charge is 0.393 e. The van der Waals surface area contributed by atoms with Gasteiger partial charge in [-0.2, -0.15) is 5.10 Å². The molecule has 1 aromatic heterocycles. The molecule has 19 heavy (non-hydrogen) atoms. The Balaban J connectivity index is 1.93. The normalized spacial score (nSPS) is 27.2. The highest BCUT2D eigenvalue weighted by atomic mass is 16.3. The third-order valence-electron chi connectivity index (χ3n) is 4.67. The number of aryl methyl sites for hydroxylation is 1. The number of fused-ring (bicyclic) bond motifs is 1. The summed E-state index contributed by atoms with van der Waals surface area (Å²) in [5.41, 5.74) is 2.43. The molecule has 0 amide bonds. The van der Waals surface area contributed by atoms with Crippen molar-refractivity contribution in [1.82, 2.24) is 9.78 Å². The molecule has 1 fully saturated rings. The fourth-order valence-electron chi connectivity index (χ4n) is 3.35. The maximum absolute atomic E-state index is 9.89. The molecule has 0 aliphatic heterocycles. The van der Waals surface area contributed by atoms with E-state index in [1.165, 1.54) is 16.6 Å². The van der Waals surface area contributed by atoms with Crippen molar-refractivity contribution in [1.29, 1.82) is 0 Å². The van der Waals surface area contributed by atoms with Gasteiger partial charge in [0.15, 0.2) is 0 Å². The van der Waals surface area contributed by atoms with Crippen LogP contribution in [0.5, 0.6) is 0 Å². The summed E-state index contributed by atoms with van der Waals surface area (Å²) in [5.74, 6) is 0.962. The summed E-state index contributed by atoms with van der Waals surface area (Å²) in [6, 6.07) is 8.46. The minimum absolute atomic E-state index is 0.121. The second-order valence-corrected chi connectivity index (χ2v) is 5.75. The number of hydrogen-bond donors (Lipinski definition) is 1. The lowest BCUT2D eigenvalue weighted by atomic mass is 9.91. The molecule has 1 N–H and O–H groups in total. The van der Waals surface area contributed by atoms with Crippen molar-refractivity contribution >= 4 is 10.9 Å². The van der Waals surface area contributed by atoms with Gasteiger partial charge in [-0.15, -0.1) is 0 Å². The van der Waals surface area contributed by atoms with Crippen LogP contribution >= 0.6 is 0 Å². The Morgan fingerprint density at radius 2 is 2.11 bits per heavy atom. The monoisotopic (exact) mass is 258 g/mol. The van der Waals surface area contributed by atoms with Crippen LogP contribution in [0, 0.1) is 11.8 Å². The van der Waals surface area contributed by atoms with E-state index in [1.54, 1.807) is 0 Å². The number of hydrogen-bond acceptors (Lipinski definition) is 2. The molecule has 0 bridgehead atoms. The van der Waals surface area contributed by atoms with E-state index >= 15 is 0 Å². The highest BCUT2D eigenvalue weighted by molar-refractivity contribution is 5.81. The molecule has 1 heterocycles. The number of rotatable bonds is 3. The smallest absolute Gasteiger partial charge is 0.0706 e. The van der Waals surface area contributed by atoms with E-state index in [0.717, 1.165) is 25.8 Å². The van der Waals surface area contributed by atoms with Crippen molar-refractivity contribution in [3.8, 4) is 0 Å². The van der Waals surface area contributed by atoms with Crippen LogP contribution in [0.3, 0.4) is 0 Å². The zero-order chi connectivity index (χ0) is 13.4. The summed E-state index contributed by atoms with van der Waals surface area (Å²) < 4.78 is 2.08. The van der Waals surface area contributed by atoms with Gasteiger partial charge in [-0.05, 0) is 44.1 Å². The third kappa shape index (κ3) is 2.16. The van der Waals surface area contributed by atoms with E-state index in [9.17, 15) is 5.11 Å². The summed E-state index contributed by atoms with van der Waals surface area (Å²) in [7, 11) is 0. The van der Waals surface area contributed by atoms with E-state index in [-0.39, 0.29) is 6.10 Å². The summed E-state index contributed by atoms with van der Waals surface area (Å²) in [6.07, 6.45) is 2.93. The van der Waals surface area contributed by atoms with Crippen LogP contribution in [0.2, 0.25) is 0 Å². The molecule has 3 atom stereocenters. The van der Waals surface area contributed by atoms with Crippen molar-refractivity contribution in [2.45, 2.75) is 45.8 Å². The van der Waals surface area contributed by atoms with Crippen molar-refractivity contribution in [2.75, 3.05) is 0 Å². The SMILES string of the molecule is CCn1nc(CC2CCC(O)C2C)c2ccccc21. The second kappa shape index (κ2) is 4.97. The van der Waals surface area contributed by atoms with Crippen LogP contribution in [-0.2, 0) is 13.0 Å². The summed E-state index contributed by atoms with van der Waals surface area (Å²) >= 11 is 0. The number of para-hydroxylation sites is 1. The number of aliphatic hydroxyl groups excluding tert-OH is 1. The summed E-state index contributed by atoms with van der Waals surface area (Å²) in [6.45, 7) is 5.20. The van der Waals surface area contributed by atoms with Crippen molar-refractivity contribution in [3.63, 3.8) is 0 Å². The second-order valence-electron chi connectivity index (χ2n) is 5.75. The fraction of sp³-hybridized carbons (Fsp3) is 0.562. The Labute approximate surface area is 114 Å². The van der Waals surface area contributed by atoms with E-state index in [0.29, 0.717) is 11.8 Å². The predicted octanol–water partition coefficient (Wildman–Crippen LogP) is 3.01. The Morgan fingerprint density at radius 3 is 2.79 bits per heavy atom. The van der Waals surface area contributed by atoms with Crippen molar-refractivity contribution in [3.05, 3.63) is 30.0 Å². The number of nitrogens with zero attached hydrogens (tertiary/aromatic N) is 2. The van der Waals surface area contributed by atoms with Gasteiger partial charge in [-0.1, -0.05) is 25.1 Å². The average molecular weight is 258 g/mol. The van der Waals surface area contributed by atoms with Gasteiger partial charge in [0.1, 0.15) is 0 Å². The molecule has 3 nitrogen and oxygen atoms in total. The Bertz CT molecular complexity index is 575. The van der Waals surface area contributed by atoms with Crippen LogP contribution < -0.4 is 0 Å². The predicted molar refractivity (Wildman–Crippen MR) is 77.0 cm³/mol. The summed E-state index contributed by atoms with van der Waals surface area (Å²) in [5, 5.41) is 15.9. The highest BCUT2D eigenvalue weighted by Crippen LogP contribution is 2.35. The van der Waals surface area contributed by atoms with Gasteiger partial charge < -0.3 is 5.11 Å². The summed E-state index contributed by atoms with van der Waals surface area (Å²) in [4.78, 5) is 0. The van der Waals surface area contributed by atoms with Crippen LogP contribution in [0.1, 0.15) is 32.4 Å². The zero-order valence-corrected chi connectivity index (χ0v) is 11.7. The molecule has 3 heteroatoms. The molecule has 3 unspecified atom stereocenters. The van der Waals surface area contributed by atoms with Gasteiger partial charge in [0.05, 0.1) is 17.3 Å². The topological polar surface area (TPSA) is 38.0 Å². The first-order chi connectivity index (χ1) is 9.20.